The molecule has 0 spiro atoms. The van der Waals surface area contributed by atoms with Crippen LogP contribution in [0.25, 0.3) is 22.5 Å². The second-order valence-electron chi connectivity index (χ2n) is 7.24. The Kier molecular flexibility index (Phi) is 4.97. The van der Waals surface area contributed by atoms with Crippen molar-refractivity contribution < 1.29 is 10.2 Å². The van der Waals surface area contributed by atoms with E-state index in [2.05, 4.69) is 20.6 Å². The summed E-state index contributed by atoms with van der Waals surface area (Å²) in [5.74, 6) is 0.664. The Bertz CT molecular complexity index is 960. The molecule has 0 unspecified atom stereocenters. The lowest BCUT2D eigenvalue weighted by molar-refractivity contribution is 0.208. The van der Waals surface area contributed by atoms with Gasteiger partial charge in [-0.2, -0.15) is 5.10 Å². The van der Waals surface area contributed by atoms with Gasteiger partial charge in [0, 0.05) is 43.2 Å². The van der Waals surface area contributed by atoms with Crippen LogP contribution in [0.5, 0.6) is 5.75 Å². The highest BCUT2D eigenvalue weighted by Crippen LogP contribution is 2.34. The molecular weight excluding hydrogens is 356 g/mol. The van der Waals surface area contributed by atoms with Crippen molar-refractivity contribution in [1.29, 1.82) is 0 Å². The molecule has 3 heterocycles. The van der Waals surface area contributed by atoms with Crippen LogP contribution in [0.3, 0.4) is 0 Å². The standard InChI is InChI=1S/C20H24N6O2/c1-12-5-14(7-16(28)6-12)19-17(11-26(25-19)15-9-21-10-15)18-3-4-22-20(24-18)23-8-13(2)27/h3-7,11,13,15,21,27-28H,8-10H2,1-2H3,(H,22,23,24)/t13-/m0/s1. The number of anilines is 1. The van der Waals surface area contributed by atoms with Crippen LogP contribution in [0.15, 0.2) is 36.7 Å². The Morgan fingerprint density at radius 3 is 2.82 bits per heavy atom. The van der Waals surface area contributed by atoms with Gasteiger partial charge in [-0.05, 0) is 43.7 Å². The summed E-state index contributed by atoms with van der Waals surface area (Å²) in [4.78, 5) is 8.82. The van der Waals surface area contributed by atoms with E-state index in [1.807, 2.05) is 29.9 Å². The summed E-state index contributed by atoms with van der Waals surface area (Å²) in [5.41, 5.74) is 4.18. The first kappa shape index (κ1) is 18.4. The Morgan fingerprint density at radius 1 is 1.32 bits per heavy atom. The Morgan fingerprint density at radius 2 is 2.14 bits per heavy atom. The van der Waals surface area contributed by atoms with Gasteiger partial charge in [0.15, 0.2) is 0 Å². The average Bonchev–Trinajstić information content (AvgIpc) is 3.02. The molecule has 0 radical (unpaired) electrons. The minimum Gasteiger partial charge on any atom is -0.508 e. The predicted molar refractivity (Wildman–Crippen MR) is 107 cm³/mol. The second kappa shape index (κ2) is 7.57. The van der Waals surface area contributed by atoms with Crippen LogP contribution in [0.1, 0.15) is 18.5 Å². The Labute approximate surface area is 163 Å². The largest absolute Gasteiger partial charge is 0.508 e. The Balaban J connectivity index is 1.77. The van der Waals surface area contributed by atoms with Crippen LogP contribution in [-0.4, -0.2) is 55.7 Å². The molecule has 1 atom stereocenters. The molecule has 4 rings (SSSR count). The molecule has 8 nitrogen and oxygen atoms in total. The van der Waals surface area contributed by atoms with Gasteiger partial charge in [-0.3, -0.25) is 4.68 Å². The number of aryl methyl sites for hydroxylation is 1. The minimum absolute atomic E-state index is 0.211. The third-order valence-corrected chi connectivity index (χ3v) is 4.69. The van der Waals surface area contributed by atoms with Gasteiger partial charge in [-0.25, -0.2) is 9.97 Å². The number of nitrogens with zero attached hydrogens (tertiary/aromatic N) is 4. The summed E-state index contributed by atoms with van der Waals surface area (Å²) < 4.78 is 1.96. The van der Waals surface area contributed by atoms with Gasteiger partial charge in [-0.1, -0.05) is 0 Å². The van der Waals surface area contributed by atoms with Crippen molar-refractivity contribution in [1.82, 2.24) is 25.1 Å². The van der Waals surface area contributed by atoms with Crippen LogP contribution in [0.4, 0.5) is 5.95 Å². The molecule has 28 heavy (non-hydrogen) atoms. The van der Waals surface area contributed by atoms with E-state index in [1.165, 1.54) is 0 Å². The third kappa shape index (κ3) is 3.83. The fourth-order valence-corrected chi connectivity index (χ4v) is 3.17. The number of hydrogen-bond donors (Lipinski definition) is 4. The summed E-state index contributed by atoms with van der Waals surface area (Å²) in [6.45, 7) is 5.78. The second-order valence-corrected chi connectivity index (χ2v) is 7.24. The van der Waals surface area contributed by atoms with Crippen LogP contribution in [0, 0.1) is 6.92 Å². The van der Waals surface area contributed by atoms with Crippen molar-refractivity contribution in [3.8, 4) is 28.3 Å². The van der Waals surface area contributed by atoms with E-state index in [1.54, 1.807) is 25.3 Å². The lowest BCUT2D eigenvalue weighted by Gasteiger charge is -2.27. The average molecular weight is 380 g/mol. The molecule has 146 valence electrons. The maximum Gasteiger partial charge on any atom is 0.223 e. The molecular formula is C20H24N6O2. The van der Waals surface area contributed by atoms with Crippen molar-refractivity contribution >= 4 is 5.95 Å². The topological polar surface area (TPSA) is 108 Å². The Hall–Kier alpha value is -2.97. The van der Waals surface area contributed by atoms with E-state index in [4.69, 9.17) is 5.10 Å². The molecule has 8 heteroatoms. The van der Waals surface area contributed by atoms with Crippen molar-refractivity contribution in [2.24, 2.45) is 0 Å². The third-order valence-electron chi connectivity index (χ3n) is 4.69. The lowest BCUT2D eigenvalue weighted by atomic mass is 10.0. The lowest BCUT2D eigenvalue weighted by Crippen LogP contribution is -2.43. The summed E-state index contributed by atoms with van der Waals surface area (Å²) in [7, 11) is 0. The van der Waals surface area contributed by atoms with Gasteiger partial charge >= 0.3 is 0 Å². The van der Waals surface area contributed by atoms with Gasteiger partial charge in [0.2, 0.25) is 5.95 Å². The highest BCUT2D eigenvalue weighted by atomic mass is 16.3. The number of aliphatic hydroxyl groups is 1. The summed E-state index contributed by atoms with van der Waals surface area (Å²) >= 11 is 0. The van der Waals surface area contributed by atoms with Gasteiger partial charge in [-0.15, -0.1) is 0 Å². The summed E-state index contributed by atoms with van der Waals surface area (Å²) in [5, 5.41) is 30.6. The van der Waals surface area contributed by atoms with Crippen molar-refractivity contribution in [2.45, 2.75) is 26.0 Å². The first-order valence-corrected chi connectivity index (χ1v) is 9.36. The minimum atomic E-state index is -0.494. The summed E-state index contributed by atoms with van der Waals surface area (Å²) in [6, 6.07) is 7.59. The first-order valence-electron chi connectivity index (χ1n) is 9.36. The summed E-state index contributed by atoms with van der Waals surface area (Å²) in [6.07, 6.45) is 3.19. The molecule has 1 aliphatic rings. The molecule has 1 aromatic carbocycles. The SMILES string of the molecule is Cc1cc(O)cc(-c2nn(C3CNC3)cc2-c2ccnc(NC[C@H](C)O)n2)c1. The van der Waals surface area contributed by atoms with Gasteiger partial charge in [0.1, 0.15) is 11.4 Å². The zero-order valence-corrected chi connectivity index (χ0v) is 15.9. The molecule has 0 saturated carbocycles. The van der Waals surface area contributed by atoms with E-state index in [9.17, 15) is 10.2 Å². The number of nitrogens with one attached hydrogen (secondary N) is 2. The first-order chi connectivity index (χ1) is 13.5. The van der Waals surface area contributed by atoms with E-state index in [0.29, 0.717) is 18.5 Å². The normalized spacial score (nSPS) is 15.2. The number of phenolic OH excluding ortho intramolecular Hbond substituents is 1. The van der Waals surface area contributed by atoms with Crippen LogP contribution >= 0.6 is 0 Å². The highest BCUT2D eigenvalue weighted by Gasteiger charge is 2.23. The number of aromatic nitrogens is 4. The maximum absolute atomic E-state index is 10.1. The van der Waals surface area contributed by atoms with Crippen molar-refractivity contribution in [3.05, 3.63) is 42.2 Å². The molecule has 1 saturated heterocycles. The predicted octanol–water partition coefficient (Wildman–Crippen LogP) is 1.96. The van der Waals surface area contributed by atoms with E-state index >= 15 is 0 Å². The highest BCUT2D eigenvalue weighted by molar-refractivity contribution is 5.79. The number of aliphatic hydroxyl groups excluding tert-OH is 1. The number of hydrogen-bond acceptors (Lipinski definition) is 7. The van der Waals surface area contributed by atoms with E-state index < -0.39 is 6.10 Å². The van der Waals surface area contributed by atoms with Crippen LogP contribution in [0.2, 0.25) is 0 Å². The van der Waals surface area contributed by atoms with E-state index in [0.717, 1.165) is 41.2 Å². The number of rotatable bonds is 6. The van der Waals surface area contributed by atoms with E-state index in [-0.39, 0.29) is 5.75 Å². The molecule has 4 N–H and O–H groups in total. The van der Waals surface area contributed by atoms with Crippen LogP contribution < -0.4 is 10.6 Å². The fraction of sp³-hybridized carbons (Fsp3) is 0.350. The fourth-order valence-electron chi connectivity index (χ4n) is 3.17. The van der Waals surface area contributed by atoms with Crippen LogP contribution in [-0.2, 0) is 0 Å². The molecule has 0 aliphatic carbocycles. The molecule has 3 aromatic rings. The molecule has 0 bridgehead atoms. The zero-order valence-electron chi connectivity index (χ0n) is 15.9. The number of aromatic hydroxyl groups is 1. The molecule has 1 aliphatic heterocycles. The van der Waals surface area contributed by atoms with Gasteiger partial charge < -0.3 is 20.8 Å². The monoisotopic (exact) mass is 380 g/mol. The smallest absolute Gasteiger partial charge is 0.223 e. The van der Waals surface area contributed by atoms with Gasteiger partial charge in [0.25, 0.3) is 0 Å². The van der Waals surface area contributed by atoms with Gasteiger partial charge in [0.05, 0.1) is 17.8 Å². The van der Waals surface area contributed by atoms with Crippen molar-refractivity contribution in [3.63, 3.8) is 0 Å². The maximum atomic E-state index is 10.1. The number of benzene rings is 1. The quantitative estimate of drug-likeness (QED) is 0.518. The zero-order chi connectivity index (χ0) is 19.7. The number of phenols is 1. The molecule has 1 fully saturated rings. The molecule has 2 aromatic heterocycles. The molecule has 0 amide bonds. The van der Waals surface area contributed by atoms with Crippen molar-refractivity contribution in [2.75, 3.05) is 25.0 Å².